The molecular formula is C20H32N2O2. The number of hydrogen-bond acceptors (Lipinski definition) is 4. The third-order valence-corrected chi connectivity index (χ3v) is 6.37. The van der Waals surface area contributed by atoms with Crippen molar-refractivity contribution < 1.29 is 9.59 Å². The van der Waals surface area contributed by atoms with Gasteiger partial charge < -0.3 is 0 Å². The lowest BCUT2D eigenvalue weighted by Crippen LogP contribution is -2.52. The number of aliphatic imine (C=N–C) groups is 2. The molecule has 0 bridgehead atoms. The molecule has 0 aliphatic heterocycles. The van der Waals surface area contributed by atoms with E-state index in [0.29, 0.717) is 0 Å². The van der Waals surface area contributed by atoms with Crippen LogP contribution in [0.5, 0.6) is 0 Å². The van der Waals surface area contributed by atoms with Gasteiger partial charge >= 0.3 is 0 Å². The molecule has 0 heterocycles. The van der Waals surface area contributed by atoms with Crippen LogP contribution in [0, 0.1) is 5.92 Å². The van der Waals surface area contributed by atoms with Gasteiger partial charge in [-0.15, -0.1) is 0 Å². The maximum absolute atomic E-state index is 11.3. The summed E-state index contributed by atoms with van der Waals surface area (Å²) in [5.74, 6) is 0.181. The molecular weight excluding hydrogens is 300 g/mol. The Balaban J connectivity index is 2.40. The number of unbranched alkanes of at least 4 members (excludes halogenated alkanes) is 2. The number of nitrogens with zero attached hydrogens (tertiary/aromatic N) is 2. The molecule has 0 aromatic rings. The van der Waals surface area contributed by atoms with Crippen LogP contribution in [0.4, 0.5) is 0 Å². The molecule has 0 saturated heterocycles. The van der Waals surface area contributed by atoms with Crippen molar-refractivity contribution in [1.29, 1.82) is 0 Å². The lowest BCUT2D eigenvalue weighted by molar-refractivity contribution is 0.0795. The van der Waals surface area contributed by atoms with Crippen molar-refractivity contribution in [3.05, 3.63) is 0 Å². The zero-order chi connectivity index (χ0) is 17.3. The Hall–Kier alpha value is -1.24. The number of hydrogen-bond donors (Lipinski definition) is 0. The van der Waals surface area contributed by atoms with Crippen molar-refractivity contribution in [3.8, 4) is 0 Å². The molecule has 2 rings (SSSR count). The molecule has 0 unspecified atom stereocenters. The molecule has 0 aromatic heterocycles. The molecule has 0 aromatic carbocycles. The lowest BCUT2D eigenvalue weighted by Gasteiger charge is -2.49. The van der Waals surface area contributed by atoms with E-state index in [1.54, 1.807) is 0 Å². The monoisotopic (exact) mass is 332 g/mol. The summed E-state index contributed by atoms with van der Waals surface area (Å²) >= 11 is 0. The van der Waals surface area contributed by atoms with E-state index in [4.69, 9.17) is 0 Å². The molecule has 0 radical (unpaired) electrons. The van der Waals surface area contributed by atoms with Gasteiger partial charge in [-0.05, 0) is 32.1 Å². The third-order valence-electron chi connectivity index (χ3n) is 6.37. The second-order valence-corrected chi connectivity index (χ2v) is 7.78. The number of isocyanates is 2. The predicted octanol–water partition coefficient (Wildman–Crippen LogP) is 5.26. The van der Waals surface area contributed by atoms with Crippen LogP contribution in [-0.4, -0.2) is 23.2 Å². The Morgan fingerprint density at radius 2 is 1.25 bits per heavy atom. The van der Waals surface area contributed by atoms with E-state index in [0.717, 1.165) is 64.2 Å². The highest BCUT2D eigenvalue weighted by atomic mass is 16.1. The first-order chi connectivity index (χ1) is 11.7. The summed E-state index contributed by atoms with van der Waals surface area (Å²) in [6.45, 7) is 2.20. The second-order valence-electron chi connectivity index (χ2n) is 7.78. The van der Waals surface area contributed by atoms with E-state index >= 15 is 0 Å². The van der Waals surface area contributed by atoms with E-state index in [9.17, 15) is 9.59 Å². The van der Waals surface area contributed by atoms with Crippen LogP contribution in [0.15, 0.2) is 9.98 Å². The topological polar surface area (TPSA) is 58.9 Å². The quantitative estimate of drug-likeness (QED) is 0.346. The summed E-state index contributed by atoms with van der Waals surface area (Å²) in [6.07, 6.45) is 18.8. The van der Waals surface area contributed by atoms with Crippen LogP contribution in [-0.2, 0) is 9.59 Å². The maximum Gasteiger partial charge on any atom is 0.235 e. The van der Waals surface area contributed by atoms with Crippen LogP contribution in [0.3, 0.4) is 0 Å². The summed E-state index contributed by atoms with van der Waals surface area (Å²) in [4.78, 5) is 31.3. The molecule has 4 nitrogen and oxygen atoms in total. The minimum absolute atomic E-state index is 0.181. The van der Waals surface area contributed by atoms with Crippen LogP contribution in [0.1, 0.15) is 96.8 Å². The van der Waals surface area contributed by atoms with Gasteiger partial charge in [0.1, 0.15) is 0 Å². The van der Waals surface area contributed by atoms with Gasteiger partial charge in [-0.2, -0.15) is 9.98 Å². The van der Waals surface area contributed by atoms with Crippen molar-refractivity contribution in [2.24, 2.45) is 15.9 Å². The molecule has 2 fully saturated rings. The Kier molecular flexibility index (Phi) is 7.40. The Morgan fingerprint density at radius 1 is 0.792 bits per heavy atom. The fourth-order valence-corrected chi connectivity index (χ4v) is 5.22. The van der Waals surface area contributed by atoms with Crippen molar-refractivity contribution in [3.63, 3.8) is 0 Å². The molecule has 0 atom stereocenters. The number of carbonyl (C=O) groups excluding carboxylic acids is 2. The van der Waals surface area contributed by atoms with Crippen molar-refractivity contribution in [2.75, 3.05) is 0 Å². The molecule has 2 aliphatic carbocycles. The summed E-state index contributed by atoms with van der Waals surface area (Å²) in [5, 5.41) is 0. The minimum atomic E-state index is -0.356. The van der Waals surface area contributed by atoms with Gasteiger partial charge in [0, 0.05) is 5.92 Å². The largest absolute Gasteiger partial charge is 0.235 e. The first-order valence-electron chi connectivity index (χ1n) is 9.91. The fourth-order valence-electron chi connectivity index (χ4n) is 5.22. The standard InChI is InChI=1S/C20H32N2O2/c1-2-3-6-11-18(19(21-16-23)12-7-4-8-13-19)20(22-17-24)14-9-5-10-15-20/h18H,2-15H2,1H3. The second kappa shape index (κ2) is 9.30. The van der Waals surface area contributed by atoms with E-state index < -0.39 is 0 Å². The lowest BCUT2D eigenvalue weighted by atomic mass is 9.60. The highest BCUT2D eigenvalue weighted by molar-refractivity contribution is 5.38. The van der Waals surface area contributed by atoms with Gasteiger partial charge in [-0.25, -0.2) is 9.59 Å². The highest BCUT2D eigenvalue weighted by Crippen LogP contribution is 2.51. The maximum atomic E-state index is 11.3. The molecule has 2 aliphatic rings. The van der Waals surface area contributed by atoms with Gasteiger partial charge in [0.2, 0.25) is 12.2 Å². The van der Waals surface area contributed by atoms with E-state index in [2.05, 4.69) is 16.9 Å². The summed E-state index contributed by atoms with van der Waals surface area (Å²) in [5.41, 5.74) is -0.711. The Labute approximate surface area is 146 Å². The number of rotatable bonds is 8. The minimum Gasteiger partial charge on any atom is -0.211 e. The van der Waals surface area contributed by atoms with E-state index in [1.165, 1.54) is 25.7 Å². The SMILES string of the molecule is CCCCCC(C1(N=C=O)CCCCC1)C1(N=C=O)CCCCC1. The van der Waals surface area contributed by atoms with Gasteiger partial charge in [0.25, 0.3) is 0 Å². The van der Waals surface area contributed by atoms with Gasteiger partial charge in [-0.3, -0.25) is 0 Å². The van der Waals surface area contributed by atoms with E-state index in [-0.39, 0.29) is 17.0 Å². The normalized spacial score (nSPS) is 23.5. The average molecular weight is 332 g/mol. The predicted molar refractivity (Wildman–Crippen MR) is 95.5 cm³/mol. The fraction of sp³-hybridized carbons (Fsp3) is 0.900. The van der Waals surface area contributed by atoms with Gasteiger partial charge in [0.15, 0.2) is 0 Å². The molecule has 0 spiro atoms. The highest BCUT2D eigenvalue weighted by Gasteiger charge is 2.51. The Morgan fingerprint density at radius 3 is 1.62 bits per heavy atom. The molecule has 0 amide bonds. The van der Waals surface area contributed by atoms with Gasteiger partial charge in [-0.1, -0.05) is 64.7 Å². The van der Waals surface area contributed by atoms with Gasteiger partial charge in [0.05, 0.1) is 11.1 Å². The van der Waals surface area contributed by atoms with Crippen LogP contribution in [0.2, 0.25) is 0 Å². The zero-order valence-electron chi connectivity index (χ0n) is 15.2. The molecule has 134 valence electrons. The average Bonchev–Trinajstić information content (AvgIpc) is 2.61. The molecule has 4 heteroatoms. The Bertz CT molecular complexity index is 438. The summed E-state index contributed by atoms with van der Waals surface area (Å²) < 4.78 is 0. The van der Waals surface area contributed by atoms with Crippen LogP contribution in [0.25, 0.3) is 0 Å². The van der Waals surface area contributed by atoms with Crippen molar-refractivity contribution in [2.45, 2.75) is 108 Å². The van der Waals surface area contributed by atoms with Crippen molar-refractivity contribution in [1.82, 2.24) is 0 Å². The van der Waals surface area contributed by atoms with Crippen LogP contribution >= 0.6 is 0 Å². The summed E-state index contributed by atoms with van der Waals surface area (Å²) in [6, 6.07) is 0. The van der Waals surface area contributed by atoms with E-state index in [1.807, 2.05) is 12.2 Å². The first-order valence-corrected chi connectivity index (χ1v) is 9.91. The third kappa shape index (κ3) is 4.23. The molecule has 24 heavy (non-hydrogen) atoms. The summed E-state index contributed by atoms with van der Waals surface area (Å²) in [7, 11) is 0. The van der Waals surface area contributed by atoms with Crippen molar-refractivity contribution >= 4 is 12.2 Å². The first kappa shape index (κ1) is 19.1. The zero-order valence-corrected chi connectivity index (χ0v) is 15.2. The molecule has 2 saturated carbocycles. The molecule has 0 N–H and O–H groups in total. The van der Waals surface area contributed by atoms with Crippen LogP contribution < -0.4 is 0 Å². The smallest absolute Gasteiger partial charge is 0.211 e.